The fourth-order valence-corrected chi connectivity index (χ4v) is 1.14. The molecule has 0 bridgehead atoms. The maximum Gasteiger partial charge on any atom is 0.157 e. The van der Waals surface area contributed by atoms with E-state index in [4.69, 9.17) is 11.5 Å². The molecule has 1 aromatic heterocycles. The Morgan fingerprint density at radius 2 is 2.27 bits per heavy atom. The highest BCUT2D eigenvalue weighted by Gasteiger charge is 2.06. The fraction of sp³-hybridized carbons (Fsp3) is 0.200. The minimum absolute atomic E-state index is 0.466. The quantitative estimate of drug-likeness (QED) is 0.727. The molecular weight excluding hydrogens is 190 g/mol. The summed E-state index contributed by atoms with van der Waals surface area (Å²) in [5.41, 5.74) is 13.2. The number of rotatable bonds is 3. The van der Waals surface area contributed by atoms with Gasteiger partial charge in [0, 0.05) is 19.4 Å². The van der Waals surface area contributed by atoms with E-state index in [1.165, 1.54) is 0 Å². The van der Waals surface area contributed by atoms with Crippen molar-refractivity contribution in [2.75, 3.05) is 23.4 Å². The molecule has 0 aliphatic rings. The first-order valence-corrected chi connectivity index (χ1v) is 4.44. The van der Waals surface area contributed by atoms with Gasteiger partial charge in [-0.2, -0.15) is 0 Å². The maximum atomic E-state index is 5.80. The molecular formula is C10H15N5. The molecule has 80 valence electrons. The molecule has 5 heteroatoms. The third-order valence-corrected chi connectivity index (χ3v) is 1.97. The van der Waals surface area contributed by atoms with E-state index in [0.717, 1.165) is 5.70 Å². The molecule has 0 aliphatic heterocycles. The summed E-state index contributed by atoms with van der Waals surface area (Å²) >= 11 is 0. The monoisotopic (exact) mass is 205 g/mol. The molecule has 15 heavy (non-hydrogen) atoms. The number of nitrogens with zero attached hydrogens (tertiary/aromatic N) is 3. The summed E-state index contributed by atoms with van der Waals surface area (Å²) in [5.74, 6) is 0.609. The van der Waals surface area contributed by atoms with Crippen LogP contribution in [0.25, 0.3) is 0 Å². The molecule has 0 radical (unpaired) electrons. The number of pyridine rings is 1. The number of nitrogen functional groups attached to an aromatic ring is 2. The van der Waals surface area contributed by atoms with Gasteiger partial charge in [-0.1, -0.05) is 0 Å². The Hall–Kier alpha value is -2.04. The number of anilines is 3. The first-order valence-electron chi connectivity index (χ1n) is 4.44. The smallest absolute Gasteiger partial charge is 0.157 e. The fourth-order valence-electron chi connectivity index (χ4n) is 1.14. The van der Waals surface area contributed by atoms with Crippen LogP contribution in [0.1, 0.15) is 6.92 Å². The van der Waals surface area contributed by atoms with E-state index in [1.807, 2.05) is 14.0 Å². The summed E-state index contributed by atoms with van der Waals surface area (Å²) in [6.45, 7) is 5.27. The minimum Gasteiger partial charge on any atom is -0.397 e. The van der Waals surface area contributed by atoms with Gasteiger partial charge in [-0.05, 0) is 19.7 Å². The molecule has 1 aromatic rings. The Morgan fingerprint density at radius 1 is 1.60 bits per heavy atom. The van der Waals surface area contributed by atoms with E-state index in [1.54, 1.807) is 23.4 Å². The molecule has 0 amide bonds. The lowest BCUT2D eigenvalue weighted by Gasteiger charge is -2.16. The topological polar surface area (TPSA) is 80.5 Å². The lowest BCUT2D eigenvalue weighted by atomic mass is 10.3. The number of hydrogen-bond donors (Lipinski definition) is 2. The Kier molecular flexibility index (Phi) is 3.28. The van der Waals surface area contributed by atoms with Gasteiger partial charge < -0.3 is 16.4 Å². The van der Waals surface area contributed by atoms with Crippen LogP contribution in [0.15, 0.2) is 29.2 Å². The highest BCUT2D eigenvalue weighted by molar-refractivity contribution is 5.76. The molecule has 5 nitrogen and oxygen atoms in total. The van der Waals surface area contributed by atoms with Crippen molar-refractivity contribution >= 4 is 23.9 Å². The minimum atomic E-state index is 0.466. The zero-order chi connectivity index (χ0) is 11.4. The van der Waals surface area contributed by atoms with Gasteiger partial charge in [0.05, 0.1) is 17.1 Å². The lowest BCUT2D eigenvalue weighted by molar-refractivity contribution is 1.10. The van der Waals surface area contributed by atoms with Crippen LogP contribution in [-0.2, 0) is 0 Å². The van der Waals surface area contributed by atoms with Crippen LogP contribution in [0.3, 0.4) is 0 Å². The number of allylic oxidation sites excluding steroid dienone is 1. The molecule has 0 saturated carbocycles. The van der Waals surface area contributed by atoms with Gasteiger partial charge in [0.15, 0.2) is 5.82 Å². The van der Waals surface area contributed by atoms with Crippen molar-refractivity contribution in [1.29, 1.82) is 0 Å². The zero-order valence-electron chi connectivity index (χ0n) is 8.94. The Labute approximate surface area is 89.1 Å². The molecule has 0 saturated heterocycles. The summed E-state index contributed by atoms with van der Waals surface area (Å²) in [5, 5.41) is 0. The average molecular weight is 205 g/mol. The van der Waals surface area contributed by atoms with Crippen LogP contribution in [-0.4, -0.2) is 18.7 Å². The summed E-state index contributed by atoms with van der Waals surface area (Å²) < 4.78 is 0. The van der Waals surface area contributed by atoms with Gasteiger partial charge in [0.1, 0.15) is 0 Å². The summed E-state index contributed by atoms with van der Waals surface area (Å²) in [6.07, 6.45) is 3.40. The van der Waals surface area contributed by atoms with Crippen molar-refractivity contribution in [2.45, 2.75) is 6.92 Å². The molecule has 0 fully saturated rings. The molecule has 1 rings (SSSR count). The van der Waals surface area contributed by atoms with Crippen molar-refractivity contribution in [2.24, 2.45) is 4.99 Å². The molecule has 0 spiro atoms. The van der Waals surface area contributed by atoms with Crippen molar-refractivity contribution in [3.63, 3.8) is 0 Å². The van der Waals surface area contributed by atoms with Crippen LogP contribution in [0.5, 0.6) is 0 Å². The third kappa shape index (κ3) is 2.46. The number of aliphatic imine (C=N–C) groups is 1. The first-order chi connectivity index (χ1) is 7.06. The van der Waals surface area contributed by atoms with Crippen LogP contribution < -0.4 is 16.4 Å². The summed E-state index contributed by atoms with van der Waals surface area (Å²) in [4.78, 5) is 9.68. The van der Waals surface area contributed by atoms with Crippen molar-refractivity contribution in [1.82, 2.24) is 4.98 Å². The van der Waals surface area contributed by atoms with Gasteiger partial charge in [-0.3, -0.25) is 4.99 Å². The number of nitrogens with two attached hydrogens (primary N) is 2. The van der Waals surface area contributed by atoms with E-state index >= 15 is 0 Å². The average Bonchev–Trinajstić information content (AvgIpc) is 2.21. The molecule has 4 N–H and O–H groups in total. The summed E-state index contributed by atoms with van der Waals surface area (Å²) in [6, 6.07) is 1.66. The van der Waals surface area contributed by atoms with Crippen molar-refractivity contribution in [3.8, 4) is 0 Å². The molecule has 0 aliphatic carbocycles. The van der Waals surface area contributed by atoms with Gasteiger partial charge >= 0.3 is 0 Å². The van der Waals surface area contributed by atoms with Gasteiger partial charge in [-0.15, -0.1) is 0 Å². The van der Waals surface area contributed by atoms with Gasteiger partial charge in [-0.25, -0.2) is 4.98 Å². The molecule has 1 heterocycles. The SMILES string of the molecule is C=N/C(C)=C\N(C)c1nccc(N)c1N. The van der Waals surface area contributed by atoms with E-state index in [2.05, 4.69) is 16.7 Å². The Morgan fingerprint density at radius 3 is 2.87 bits per heavy atom. The first kappa shape index (κ1) is 11.0. The van der Waals surface area contributed by atoms with Crippen LogP contribution in [0.4, 0.5) is 17.2 Å². The number of hydrogen-bond acceptors (Lipinski definition) is 5. The van der Waals surface area contributed by atoms with Crippen LogP contribution in [0.2, 0.25) is 0 Å². The highest BCUT2D eigenvalue weighted by atomic mass is 15.2. The highest BCUT2D eigenvalue weighted by Crippen LogP contribution is 2.25. The number of aromatic nitrogens is 1. The van der Waals surface area contributed by atoms with E-state index in [0.29, 0.717) is 17.2 Å². The van der Waals surface area contributed by atoms with Crippen molar-refractivity contribution in [3.05, 3.63) is 24.2 Å². The van der Waals surface area contributed by atoms with E-state index in [9.17, 15) is 0 Å². The van der Waals surface area contributed by atoms with Crippen LogP contribution in [0, 0.1) is 0 Å². The van der Waals surface area contributed by atoms with Crippen LogP contribution >= 0.6 is 0 Å². The zero-order valence-corrected chi connectivity index (χ0v) is 8.94. The Bertz CT molecular complexity index is 397. The second-order valence-corrected chi connectivity index (χ2v) is 3.18. The lowest BCUT2D eigenvalue weighted by Crippen LogP contribution is -2.13. The normalized spacial score (nSPS) is 11.2. The maximum absolute atomic E-state index is 5.80. The van der Waals surface area contributed by atoms with Gasteiger partial charge in [0.25, 0.3) is 0 Å². The van der Waals surface area contributed by atoms with E-state index < -0.39 is 0 Å². The van der Waals surface area contributed by atoms with Gasteiger partial charge in [0.2, 0.25) is 0 Å². The molecule has 0 aromatic carbocycles. The molecule has 0 atom stereocenters. The third-order valence-electron chi connectivity index (χ3n) is 1.97. The van der Waals surface area contributed by atoms with E-state index in [-0.39, 0.29) is 0 Å². The molecule has 0 unspecified atom stereocenters. The predicted octanol–water partition coefficient (Wildman–Crippen LogP) is 1.24. The standard InChI is InChI=1S/C10H15N5/c1-7(13-2)6-15(3)10-9(12)8(11)4-5-14-10/h4-6H,2,12H2,1,3H3,(H2,11,14)/b7-6-. The van der Waals surface area contributed by atoms with Crippen molar-refractivity contribution < 1.29 is 0 Å². The second kappa shape index (κ2) is 4.45. The summed E-state index contributed by atoms with van der Waals surface area (Å²) in [7, 11) is 1.83. The second-order valence-electron chi connectivity index (χ2n) is 3.18. The largest absolute Gasteiger partial charge is 0.397 e. The predicted molar refractivity (Wildman–Crippen MR) is 64.8 cm³/mol. The Balaban J connectivity index is 3.06.